The van der Waals surface area contributed by atoms with Crippen molar-refractivity contribution in [3.05, 3.63) is 71.8 Å². The number of nitrogens with one attached hydrogen (secondary N) is 2. The molecule has 3 atom stereocenters. The number of oxazole rings is 1. The van der Waals surface area contributed by atoms with Crippen LogP contribution in [0.2, 0.25) is 0 Å². The number of aromatic nitrogens is 3. The zero-order valence-corrected chi connectivity index (χ0v) is 28.3. The number of likely N-dealkylation sites (tertiary alicyclic amines) is 1. The predicted octanol–water partition coefficient (Wildman–Crippen LogP) is 4.31. The zero-order valence-electron chi connectivity index (χ0n) is 28.3. The Hall–Kier alpha value is -5.07. The van der Waals surface area contributed by atoms with Gasteiger partial charge in [0.15, 0.2) is 5.58 Å². The summed E-state index contributed by atoms with van der Waals surface area (Å²) in [7, 11) is 1.54. The van der Waals surface area contributed by atoms with Crippen LogP contribution < -0.4 is 15.4 Å². The van der Waals surface area contributed by atoms with Crippen molar-refractivity contribution in [2.24, 2.45) is 11.8 Å². The minimum Gasteiger partial charge on any atom is -0.497 e. The lowest BCUT2D eigenvalue weighted by Crippen LogP contribution is -2.57. The molecule has 4 aromatic rings. The van der Waals surface area contributed by atoms with E-state index in [9.17, 15) is 19.2 Å². The average Bonchev–Trinajstić information content (AvgIpc) is 3.85. The van der Waals surface area contributed by atoms with Crippen LogP contribution in [0.1, 0.15) is 87.2 Å². The molecular weight excluding hydrogens is 616 g/mol. The number of methoxy groups -OCH3 is 1. The van der Waals surface area contributed by atoms with Crippen LogP contribution in [0, 0.1) is 11.8 Å². The Labute approximate surface area is 278 Å². The number of ketones is 1. The normalized spacial score (nSPS) is 16.3. The van der Waals surface area contributed by atoms with Crippen molar-refractivity contribution < 1.29 is 32.7 Å². The van der Waals surface area contributed by atoms with Gasteiger partial charge in [-0.2, -0.15) is 0 Å². The summed E-state index contributed by atoms with van der Waals surface area (Å²) in [5.74, 6) is -1.53. The monoisotopic (exact) mass is 658 g/mol. The number of fused-ring (bicyclic) bond motifs is 1. The van der Waals surface area contributed by atoms with Crippen LogP contribution in [-0.4, -0.2) is 75.4 Å². The van der Waals surface area contributed by atoms with E-state index >= 15 is 0 Å². The molecule has 0 spiro atoms. The number of hydrogen-bond donors (Lipinski definition) is 2. The number of rotatable bonds is 12. The molecule has 0 aliphatic carbocycles. The molecular formula is C35H42N6O7. The number of para-hydroxylation sites is 2. The molecule has 254 valence electrons. The third-order valence-corrected chi connectivity index (χ3v) is 8.66. The van der Waals surface area contributed by atoms with E-state index in [-0.39, 0.29) is 29.5 Å². The van der Waals surface area contributed by atoms with Crippen LogP contribution in [0.3, 0.4) is 0 Å². The van der Waals surface area contributed by atoms with E-state index in [1.54, 1.807) is 58.0 Å². The summed E-state index contributed by atoms with van der Waals surface area (Å²) in [4.78, 5) is 60.3. The number of nitrogens with zero attached hydrogens (tertiary/aromatic N) is 4. The van der Waals surface area contributed by atoms with Gasteiger partial charge in [-0.3, -0.25) is 19.2 Å². The standard InChI is InChI=1S/C35H42N6O7/c1-19(2)26(28(42)31-39-40-34(48-31)35(5,6)33-36-23-11-8-9-13-25(23)47-33)37-30(44)24-12-10-18-41(24)32(45)27(20(3)4)38-29(43)21-14-16-22(46-7)17-15-21/h8-9,11,13-17,19-20,24,26-27H,10,12,18H2,1-7H3,(H,37,44)(H,38,43)/t24-,26?,27-/m0/s1. The van der Waals surface area contributed by atoms with Gasteiger partial charge in [-0.1, -0.05) is 39.8 Å². The fourth-order valence-electron chi connectivity index (χ4n) is 5.69. The molecule has 1 aliphatic heterocycles. The zero-order chi connectivity index (χ0) is 34.7. The van der Waals surface area contributed by atoms with Crippen molar-refractivity contribution >= 4 is 34.6 Å². The van der Waals surface area contributed by atoms with E-state index in [0.29, 0.717) is 47.7 Å². The molecule has 48 heavy (non-hydrogen) atoms. The van der Waals surface area contributed by atoms with Gasteiger partial charge < -0.3 is 29.1 Å². The fourth-order valence-corrected chi connectivity index (χ4v) is 5.69. The van der Waals surface area contributed by atoms with Crippen molar-refractivity contribution in [1.29, 1.82) is 0 Å². The molecule has 13 nitrogen and oxygen atoms in total. The van der Waals surface area contributed by atoms with Gasteiger partial charge in [0.2, 0.25) is 29.4 Å². The molecule has 2 aromatic carbocycles. The van der Waals surface area contributed by atoms with E-state index in [0.717, 1.165) is 0 Å². The second-order valence-electron chi connectivity index (χ2n) is 13.2. The van der Waals surface area contributed by atoms with Gasteiger partial charge >= 0.3 is 0 Å². The molecule has 0 saturated carbocycles. The lowest BCUT2D eigenvalue weighted by Gasteiger charge is -2.31. The van der Waals surface area contributed by atoms with E-state index in [2.05, 4.69) is 25.8 Å². The molecule has 3 heterocycles. The molecule has 3 amide bonds. The lowest BCUT2D eigenvalue weighted by molar-refractivity contribution is -0.140. The number of ether oxygens (including phenoxy) is 1. The van der Waals surface area contributed by atoms with Gasteiger partial charge in [0, 0.05) is 12.1 Å². The van der Waals surface area contributed by atoms with Crippen molar-refractivity contribution in [3.8, 4) is 5.75 Å². The summed E-state index contributed by atoms with van der Waals surface area (Å²) < 4.78 is 17.0. The van der Waals surface area contributed by atoms with E-state index < -0.39 is 41.1 Å². The Morgan fingerprint density at radius 3 is 2.23 bits per heavy atom. The first kappa shape index (κ1) is 34.3. The molecule has 1 unspecified atom stereocenters. The minimum atomic E-state index is -0.994. The minimum absolute atomic E-state index is 0.134. The van der Waals surface area contributed by atoms with Gasteiger partial charge in [0.25, 0.3) is 11.8 Å². The smallest absolute Gasteiger partial charge is 0.286 e. The highest BCUT2D eigenvalue weighted by atomic mass is 16.5. The van der Waals surface area contributed by atoms with Gasteiger partial charge in [-0.15, -0.1) is 10.2 Å². The molecule has 2 aromatic heterocycles. The maximum atomic E-state index is 13.8. The quantitative estimate of drug-likeness (QED) is 0.209. The average molecular weight is 659 g/mol. The third-order valence-electron chi connectivity index (χ3n) is 8.66. The van der Waals surface area contributed by atoms with E-state index in [1.165, 1.54) is 12.0 Å². The van der Waals surface area contributed by atoms with Crippen molar-refractivity contribution in [1.82, 2.24) is 30.7 Å². The Balaban J connectivity index is 1.28. The number of carbonyl (C=O) groups is 4. The molecule has 13 heteroatoms. The summed E-state index contributed by atoms with van der Waals surface area (Å²) in [6.07, 6.45) is 1.01. The summed E-state index contributed by atoms with van der Waals surface area (Å²) in [6.45, 7) is 11.2. The fraction of sp³-hybridized carbons (Fsp3) is 0.457. The molecule has 1 aliphatic rings. The van der Waals surface area contributed by atoms with E-state index in [4.69, 9.17) is 13.6 Å². The third kappa shape index (κ3) is 6.95. The highest BCUT2D eigenvalue weighted by Gasteiger charge is 2.41. The van der Waals surface area contributed by atoms with Gasteiger partial charge in [0.05, 0.1) is 13.2 Å². The molecule has 0 radical (unpaired) electrons. The second-order valence-corrected chi connectivity index (χ2v) is 13.2. The number of Topliss-reactive ketones (excluding diaryl/α,β-unsaturated/α-hetero) is 1. The van der Waals surface area contributed by atoms with Crippen LogP contribution in [0.5, 0.6) is 5.75 Å². The maximum absolute atomic E-state index is 13.8. The first-order chi connectivity index (χ1) is 22.8. The number of amides is 3. The van der Waals surface area contributed by atoms with Crippen molar-refractivity contribution in [2.45, 2.75) is 77.9 Å². The Morgan fingerprint density at radius 1 is 0.896 bits per heavy atom. The number of hydrogen-bond acceptors (Lipinski definition) is 10. The molecule has 1 saturated heterocycles. The highest BCUT2D eigenvalue weighted by Crippen LogP contribution is 2.32. The van der Waals surface area contributed by atoms with Crippen LogP contribution in [0.25, 0.3) is 11.1 Å². The summed E-state index contributed by atoms with van der Waals surface area (Å²) >= 11 is 0. The van der Waals surface area contributed by atoms with Crippen LogP contribution in [0.15, 0.2) is 57.4 Å². The number of carbonyl (C=O) groups excluding carboxylic acids is 4. The Bertz CT molecular complexity index is 1760. The SMILES string of the molecule is COc1ccc(C(=O)N[C@H](C(=O)N2CCC[C@H]2C(=O)NC(C(=O)c2nnc(C(C)(C)c3nc4ccccc4o3)o2)C(C)C)C(C)C)cc1. The van der Waals surface area contributed by atoms with Crippen molar-refractivity contribution in [2.75, 3.05) is 13.7 Å². The van der Waals surface area contributed by atoms with Crippen molar-refractivity contribution in [3.63, 3.8) is 0 Å². The second kappa shape index (κ2) is 14.0. The Morgan fingerprint density at radius 2 is 1.58 bits per heavy atom. The van der Waals surface area contributed by atoms with Crippen LogP contribution in [-0.2, 0) is 15.0 Å². The summed E-state index contributed by atoms with van der Waals surface area (Å²) in [5.41, 5.74) is 0.724. The van der Waals surface area contributed by atoms with Gasteiger partial charge in [0.1, 0.15) is 28.8 Å². The molecule has 1 fully saturated rings. The first-order valence-corrected chi connectivity index (χ1v) is 16.1. The first-order valence-electron chi connectivity index (χ1n) is 16.1. The molecule has 0 bridgehead atoms. The maximum Gasteiger partial charge on any atom is 0.286 e. The highest BCUT2D eigenvalue weighted by molar-refractivity contribution is 6.01. The lowest BCUT2D eigenvalue weighted by atomic mass is 9.93. The van der Waals surface area contributed by atoms with Gasteiger partial charge in [-0.05, 0) is 74.9 Å². The van der Waals surface area contributed by atoms with E-state index in [1.807, 2.05) is 32.0 Å². The predicted molar refractivity (Wildman–Crippen MR) is 175 cm³/mol. The Kier molecular flexibility index (Phi) is 9.97. The van der Waals surface area contributed by atoms with Gasteiger partial charge in [-0.25, -0.2) is 4.98 Å². The van der Waals surface area contributed by atoms with Crippen LogP contribution >= 0.6 is 0 Å². The number of benzene rings is 2. The molecule has 2 N–H and O–H groups in total. The largest absolute Gasteiger partial charge is 0.497 e. The molecule has 5 rings (SSSR count). The summed E-state index contributed by atoms with van der Waals surface area (Å²) in [5, 5.41) is 13.8. The topological polar surface area (TPSA) is 170 Å². The summed E-state index contributed by atoms with van der Waals surface area (Å²) in [6, 6.07) is 11.2. The van der Waals surface area contributed by atoms with Crippen LogP contribution in [0.4, 0.5) is 0 Å².